The standard InChI is InChI=1S/C16H22N4O2/c1-10-3-4-13-15(11(10)2)19-14(18-13)9-20-6-5-17-7-12(8-20)16(21)22/h3-4,12,17H,5-9H2,1-2H3,(H,18,19)(H,21,22). The second kappa shape index (κ2) is 6.06. The zero-order chi connectivity index (χ0) is 15.7. The van der Waals surface area contributed by atoms with Crippen molar-refractivity contribution in [2.45, 2.75) is 20.4 Å². The molecule has 0 radical (unpaired) electrons. The van der Waals surface area contributed by atoms with Crippen LogP contribution in [0.2, 0.25) is 0 Å². The Kier molecular flexibility index (Phi) is 4.13. The van der Waals surface area contributed by atoms with Gasteiger partial charge >= 0.3 is 5.97 Å². The molecule has 1 fully saturated rings. The highest BCUT2D eigenvalue weighted by Gasteiger charge is 2.24. The molecule has 0 bridgehead atoms. The number of aliphatic carboxylic acids is 1. The van der Waals surface area contributed by atoms with E-state index in [1.54, 1.807) is 0 Å². The third kappa shape index (κ3) is 2.98. The summed E-state index contributed by atoms with van der Waals surface area (Å²) in [6, 6.07) is 4.15. The molecule has 1 aliphatic heterocycles. The first kappa shape index (κ1) is 15.0. The predicted octanol–water partition coefficient (Wildman–Crippen LogP) is 1.29. The molecule has 2 aromatic rings. The lowest BCUT2D eigenvalue weighted by molar-refractivity contribution is -0.142. The minimum atomic E-state index is -0.740. The molecule has 1 atom stereocenters. The molecule has 1 unspecified atom stereocenters. The maximum absolute atomic E-state index is 11.2. The number of H-pyrrole nitrogens is 1. The number of carbonyl (C=O) groups is 1. The third-order valence-corrected chi connectivity index (χ3v) is 4.42. The van der Waals surface area contributed by atoms with Crippen LogP contribution in [0.4, 0.5) is 0 Å². The van der Waals surface area contributed by atoms with Crippen molar-refractivity contribution in [2.24, 2.45) is 5.92 Å². The molecule has 1 aromatic heterocycles. The van der Waals surface area contributed by atoms with Crippen LogP contribution in [0.3, 0.4) is 0 Å². The second-order valence-corrected chi connectivity index (χ2v) is 6.06. The molecule has 118 valence electrons. The molecule has 1 saturated heterocycles. The first-order valence-electron chi connectivity index (χ1n) is 7.65. The maximum Gasteiger partial charge on any atom is 0.309 e. The van der Waals surface area contributed by atoms with E-state index in [1.807, 2.05) is 0 Å². The van der Waals surface area contributed by atoms with Crippen molar-refractivity contribution in [2.75, 3.05) is 26.2 Å². The molecule has 6 heteroatoms. The highest BCUT2D eigenvalue weighted by molar-refractivity contribution is 5.79. The van der Waals surface area contributed by atoms with Gasteiger partial charge in [0.1, 0.15) is 5.82 Å². The van der Waals surface area contributed by atoms with E-state index in [4.69, 9.17) is 4.98 Å². The quantitative estimate of drug-likeness (QED) is 0.796. The van der Waals surface area contributed by atoms with Crippen molar-refractivity contribution >= 4 is 17.0 Å². The number of aryl methyl sites for hydroxylation is 2. The minimum Gasteiger partial charge on any atom is -0.481 e. The number of imidazole rings is 1. The largest absolute Gasteiger partial charge is 0.481 e. The maximum atomic E-state index is 11.2. The van der Waals surface area contributed by atoms with Gasteiger partial charge in [-0.15, -0.1) is 0 Å². The molecule has 0 aliphatic carbocycles. The van der Waals surface area contributed by atoms with Crippen LogP contribution in [0, 0.1) is 19.8 Å². The van der Waals surface area contributed by atoms with Gasteiger partial charge < -0.3 is 15.4 Å². The lowest BCUT2D eigenvalue weighted by Crippen LogP contribution is -2.33. The number of nitrogens with one attached hydrogen (secondary N) is 2. The SMILES string of the molecule is Cc1ccc2[nH]c(CN3CCNCC(C(=O)O)C3)nc2c1C. The smallest absolute Gasteiger partial charge is 0.309 e. The molecule has 6 nitrogen and oxygen atoms in total. The first-order chi connectivity index (χ1) is 10.5. The van der Waals surface area contributed by atoms with Crippen molar-refractivity contribution in [3.05, 3.63) is 29.1 Å². The molecule has 2 heterocycles. The number of fused-ring (bicyclic) bond motifs is 1. The van der Waals surface area contributed by atoms with Gasteiger partial charge in [0, 0.05) is 26.2 Å². The number of aromatic nitrogens is 2. The second-order valence-electron chi connectivity index (χ2n) is 6.06. The Hall–Kier alpha value is -1.92. The van der Waals surface area contributed by atoms with Gasteiger partial charge in [0.2, 0.25) is 0 Å². The Morgan fingerprint density at radius 3 is 3.05 bits per heavy atom. The van der Waals surface area contributed by atoms with Crippen molar-refractivity contribution in [3.63, 3.8) is 0 Å². The summed E-state index contributed by atoms with van der Waals surface area (Å²) in [5, 5.41) is 12.4. The highest BCUT2D eigenvalue weighted by atomic mass is 16.4. The van der Waals surface area contributed by atoms with Gasteiger partial charge in [0.15, 0.2) is 0 Å². The predicted molar refractivity (Wildman–Crippen MR) is 84.8 cm³/mol. The van der Waals surface area contributed by atoms with E-state index in [0.717, 1.165) is 29.9 Å². The Labute approximate surface area is 129 Å². The van der Waals surface area contributed by atoms with Crippen molar-refractivity contribution < 1.29 is 9.90 Å². The Morgan fingerprint density at radius 1 is 1.45 bits per heavy atom. The van der Waals surface area contributed by atoms with Crippen LogP contribution in [0.15, 0.2) is 12.1 Å². The molecule has 0 amide bonds. The summed E-state index contributed by atoms with van der Waals surface area (Å²) in [5.41, 5.74) is 4.48. The van der Waals surface area contributed by atoms with Crippen LogP contribution in [0.5, 0.6) is 0 Å². The Bertz CT molecular complexity index is 695. The van der Waals surface area contributed by atoms with Crippen molar-refractivity contribution in [1.82, 2.24) is 20.2 Å². The van der Waals surface area contributed by atoms with Gasteiger partial charge in [-0.3, -0.25) is 9.69 Å². The van der Waals surface area contributed by atoms with Gasteiger partial charge in [-0.25, -0.2) is 4.98 Å². The van der Waals surface area contributed by atoms with Gasteiger partial charge in [-0.2, -0.15) is 0 Å². The summed E-state index contributed by atoms with van der Waals surface area (Å²) in [6.07, 6.45) is 0. The van der Waals surface area contributed by atoms with Crippen LogP contribution >= 0.6 is 0 Å². The number of nitrogens with zero attached hydrogens (tertiary/aromatic N) is 2. The average Bonchev–Trinajstić information content (AvgIpc) is 2.73. The molecular weight excluding hydrogens is 280 g/mol. The lowest BCUT2D eigenvalue weighted by atomic mass is 10.1. The summed E-state index contributed by atoms with van der Waals surface area (Å²) in [5.74, 6) is -0.207. The van der Waals surface area contributed by atoms with E-state index >= 15 is 0 Å². The van der Waals surface area contributed by atoms with Gasteiger partial charge in [0.25, 0.3) is 0 Å². The number of benzene rings is 1. The number of carboxylic acids is 1. The molecule has 3 N–H and O–H groups in total. The zero-order valence-electron chi connectivity index (χ0n) is 13.0. The molecule has 22 heavy (non-hydrogen) atoms. The number of hydrogen-bond donors (Lipinski definition) is 3. The van der Waals surface area contributed by atoms with Gasteiger partial charge in [-0.1, -0.05) is 6.07 Å². The van der Waals surface area contributed by atoms with Crippen LogP contribution in [-0.4, -0.2) is 52.1 Å². The van der Waals surface area contributed by atoms with Crippen LogP contribution in [-0.2, 0) is 11.3 Å². The molecule has 3 rings (SSSR count). The van der Waals surface area contributed by atoms with Crippen molar-refractivity contribution in [3.8, 4) is 0 Å². The summed E-state index contributed by atoms with van der Waals surface area (Å²) < 4.78 is 0. The zero-order valence-corrected chi connectivity index (χ0v) is 13.0. The number of hydrogen-bond acceptors (Lipinski definition) is 4. The summed E-state index contributed by atoms with van der Waals surface area (Å²) in [4.78, 5) is 21.4. The summed E-state index contributed by atoms with van der Waals surface area (Å²) >= 11 is 0. The van der Waals surface area contributed by atoms with E-state index in [2.05, 4.69) is 41.2 Å². The molecule has 0 saturated carbocycles. The fourth-order valence-electron chi connectivity index (χ4n) is 2.94. The topological polar surface area (TPSA) is 81.2 Å². The molecule has 1 aliphatic rings. The van der Waals surface area contributed by atoms with Gasteiger partial charge in [0.05, 0.1) is 23.5 Å². The molecular formula is C16H22N4O2. The molecule has 0 spiro atoms. The fourth-order valence-corrected chi connectivity index (χ4v) is 2.94. The van der Waals surface area contributed by atoms with Crippen molar-refractivity contribution in [1.29, 1.82) is 0 Å². The number of carboxylic acid groups (broad SMARTS) is 1. The van der Waals surface area contributed by atoms with E-state index in [1.165, 1.54) is 11.1 Å². The van der Waals surface area contributed by atoms with E-state index < -0.39 is 5.97 Å². The Morgan fingerprint density at radius 2 is 2.27 bits per heavy atom. The third-order valence-electron chi connectivity index (χ3n) is 4.42. The molecule has 1 aromatic carbocycles. The van der Waals surface area contributed by atoms with Crippen LogP contribution in [0.25, 0.3) is 11.0 Å². The van der Waals surface area contributed by atoms with E-state index in [-0.39, 0.29) is 5.92 Å². The first-order valence-corrected chi connectivity index (χ1v) is 7.65. The summed E-state index contributed by atoms with van der Waals surface area (Å²) in [6.45, 7) is 7.54. The Balaban J connectivity index is 1.80. The fraction of sp³-hybridized carbons (Fsp3) is 0.500. The van der Waals surface area contributed by atoms with Crippen LogP contribution < -0.4 is 5.32 Å². The number of aromatic amines is 1. The monoisotopic (exact) mass is 302 g/mol. The normalized spacial score (nSPS) is 20.2. The van der Waals surface area contributed by atoms with Gasteiger partial charge in [-0.05, 0) is 31.0 Å². The summed E-state index contributed by atoms with van der Waals surface area (Å²) in [7, 11) is 0. The number of rotatable bonds is 3. The van der Waals surface area contributed by atoms with E-state index in [0.29, 0.717) is 19.6 Å². The lowest BCUT2D eigenvalue weighted by Gasteiger charge is -2.20. The average molecular weight is 302 g/mol. The highest BCUT2D eigenvalue weighted by Crippen LogP contribution is 2.20. The van der Waals surface area contributed by atoms with Crippen LogP contribution in [0.1, 0.15) is 17.0 Å². The minimum absolute atomic E-state index is 0.365. The van der Waals surface area contributed by atoms with E-state index in [9.17, 15) is 9.90 Å².